The summed E-state index contributed by atoms with van der Waals surface area (Å²) < 4.78 is 0. The van der Waals surface area contributed by atoms with Crippen molar-refractivity contribution in [3.8, 4) is 5.75 Å². The van der Waals surface area contributed by atoms with E-state index in [1.54, 1.807) is 0 Å². The molecule has 0 saturated carbocycles. The van der Waals surface area contributed by atoms with Crippen LogP contribution >= 0.6 is 0 Å². The monoisotopic (exact) mass is 210 g/mol. The normalized spacial score (nSPS) is 10.7. The number of nitrogens with zero attached hydrogens (tertiary/aromatic N) is 2. The van der Waals surface area contributed by atoms with Crippen LogP contribution in [0.4, 0.5) is 0 Å². The lowest BCUT2D eigenvalue weighted by Crippen LogP contribution is -2.36. The Balaban J connectivity index is 3.23. The van der Waals surface area contributed by atoms with Gasteiger partial charge < -0.3 is 15.5 Å². The molecular weight excluding hydrogens is 204 g/mol. The maximum atomic E-state index is 11.4. The zero-order valence-corrected chi connectivity index (χ0v) is 7.28. The van der Waals surface area contributed by atoms with E-state index in [1.165, 1.54) is 18.2 Å². The number of fused-ring (bicyclic) bond motifs is 1. The first kappa shape index (κ1) is 9.13. The van der Waals surface area contributed by atoms with E-state index in [0.29, 0.717) is 0 Å². The van der Waals surface area contributed by atoms with Crippen LogP contribution in [0, 0.1) is 0 Å². The van der Waals surface area contributed by atoms with Crippen LogP contribution in [0.25, 0.3) is 10.8 Å². The summed E-state index contributed by atoms with van der Waals surface area (Å²) in [5.74, 6) is -0.432. The van der Waals surface area contributed by atoms with Crippen molar-refractivity contribution in [2.24, 2.45) is 0 Å². The van der Waals surface area contributed by atoms with Gasteiger partial charge in [0.25, 0.3) is 0 Å². The zero-order chi connectivity index (χ0) is 11.2. The average Bonchev–Trinajstić information content (AvgIpc) is 2.23. The average molecular weight is 210 g/mol. The third-order valence-electron chi connectivity index (χ3n) is 2.03. The molecule has 0 aliphatic heterocycles. The summed E-state index contributed by atoms with van der Waals surface area (Å²) in [6, 6.07) is 3.80. The fraction of sp³-hybridized carbons (Fsp3) is 0. The molecule has 0 saturated heterocycles. The Morgan fingerprint density at radius 2 is 1.60 bits per heavy atom. The van der Waals surface area contributed by atoms with Crippen molar-refractivity contribution in [1.29, 1.82) is 0 Å². The maximum absolute atomic E-state index is 11.4. The summed E-state index contributed by atoms with van der Waals surface area (Å²) in [5, 5.41) is 26.9. The Labute approximate surface area is 81.6 Å². The van der Waals surface area contributed by atoms with E-state index in [2.05, 4.69) is 0 Å². The second-order valence-corrected chi connectivity index (χ2v) is 2.89. The molecule has 1 heterocycles. The van der Waals surface area contributed by atoms with E-state index < -0.39 is 16.9 Å². The molecule has 0 spiro atoms. The second kappa shape index (κ2) is 2.77. The molecule has 1 aromatic carbocycles. The maximum Gasteiger partial charge on any atom is 0.316 e. The van der Waals surface area contributed by atoms with E-state index in [0.717, 1.165) is 0 Å². The molecule has 0 aliphatic carbocycles. The minimum absolute atomic E-state index is 0.173. The van der Waals surface area contributed by atoms with Crippen molar-refractivity contribution in [1.82, 2.24) is 9.69 Å². The number of aromatic nitrogens is 2. The van der Waals surface area contributed by atoms with Crippen molar-refractivity contribution in [2.75, 3.05) is 0 Å². The Kier molecular flexibility index (Phi) is 1.69. The quantitative estimate of drug-likeness (QED) is 0.501. The predicted molar refractivity (Wildman–Crippen MR) is 48.5 cm³/mol. The summed E-state index contributed by atoms with van der Waals surface area (Å²) >= 11 is 0. The molecule has 3 N–H and O–H groups in total. The molecule has 0 radical (unpaired) electrons. The van der Waals surface area contributed by atoms with Gasteiger partial charge in [-0.3, -0.25) is 9.59 Å². The molecule has 7 heteroatoms. The van der Waals surface area contributed by atoms with Crippen LogP contribution in [0.5, 0.6) is 5.75 Å². The van der Waals surface area contributed by atoms with Crippen LogP contribution in [0.2, 0.25) is 0 Å². The number of hydrogen-bond donors (Lipinski definition) is 3. The van der Waals surface area contributed by atoms with Gasteiger partial charge in [0.05, 0.1) is 10.8 Å². The number of rotatable bonds is 0. The van der Waals surface area contributed by atoms with Crippen molar-refractivity contribution in [3.05, 3.63) is 38.9 Å². The van der Waals surface area contributed by atoms with Gasteiger partial charge in [-0.15, -0.1) is 0 Å². The highest BCUT2D eigenvalue weighted by Crippen LogP contribution is 2.17. The first-order valence-electron chi connectivity index (χ1n) is 3.92. The zero-order valence-electron chi connectivity index (χ0n) is 7.28. The number of benzene rings is 1. The third kappa shape index (κ3) is 1.06. The van der Waals surface area contributed by atoms with Gasteiger partial charge in [0.2, 0.25) is 0 Å². The van der Waals surface area contributed by atoms with Crippen LogP contribution < -0.4 is 11.1 Å². The highest BCUT2D eigenvalue weighted by atomic mass is 16.6. The summed E-state index contributed by atoms with van der Waals surface area (Å²) in [6.07, 6.45) is 0. The van der Waals surface area contributed by atoms with E-state index in [1.807, 2.05) is 0 Å². The summed E-state index contributed by atoms with van der Waals surface area (Å²) in [7, 11) is 0. The number of hydrogen-bond acceptors (Lipinski definition) is 5. The molecule has 0 amide bonds. The number of phenolic OH excluding ortho intramolecular Hbond substituents is 1. The van der Waals surface area contributed by atoms with E-state index in [4.69, 9.17) is 10.4 Å². The SMILES string of the molecule is O=c1c2cccc(O)c2c(=O)n(O)n1O. The van der Waals surface area contributed by atoms with Gasteiger partial charge in [-0.25, -0.2) is 0 Å². The minimum atomic E-state index is -1.08. The molecule has 15 heavy (non-hydrogen) atoms. The van der Waals surface area contributed by atoms with Gasteiger partial charge in [0.1, 0.15) is 5.75 Å². The minimum Gasteiger partial charge on any atom is -0.507 e. The lowest BCUT2D eigenvalue weighted by molar-refractivity contribution is -0.0267. The van der Waals surface area contributed by atoms with Crippen molar-refractivity contribution < 1.29 is 15.5 Å². The third-order valence-corrected chi connectivity index (χ3v) is 2.03. The van der Waals surface area contributed by atoms with E-state index in [-0.39, 0.29) is 20.5 Å². The molecular formula is C8H6N2O5. The van der Waals surface area contributed by atoms with Gasteiger partial charge in [-0.1, -0.05) is 6.07 Å². The summed E-state index contributed by atoms with van der Waals surface area (Å²) in [5.41, 5.74) is -2.08. The van der Waals surface area contributed by atoms with Crippen molar-refractivity contribution >= 4 is 10.8 Å². The fourth-order valence-electron chi connectivity index (χ4n) is 1.32. The first-order valence-corrected chi connectivity index (χ1v) is 3.92. The van der Waals surface area contributed by atoms with Crippen LogP contribution in [-0.4, -0.2) is 25.2 Å². The molecule has 1 aromatic heterocycles. The lowest BCUT2D eigenvalue weighted by atomic mass is 10.2. The van der Waals surface area contributed by atoms with Crippen molar-refractivity contribution in [2.45, 2.75) is 0 Å². The molecule has 0 unspecified atom stereocenters. The van der Waals surface area contributed by atoms with Crippen molar-refractivity contribution in [3.63, 3.8) is 0 Å². The van der Waals surface area contributed by atoms with Gasteiger partial charge in [-0.05, 0) is 21.8 Å². The molecule has 0 aliphatic rings. The smallest absolute Gasteiger partial charge is 0.316 e. The van der Waals surface area contributed by atoms with Crippen LogP contribution in [0.15, 0.2) is 27.8 Å². The Morgan fingerprint density at radius 3 is 2.27 bits per heavy atom. The molecule has 0 fully saturated rings. The van der Waals surface area contributed by atoms with Gasteiger partial charge in [0, 0.05) is 0 Å². The molecule has 0 atom stereocenters. The van der Waals surface area contributed by atoms with Gasteiger partial charge in [0.15, 0.2) is 0 Å². The summed E-state index contributed by atoms with van der Waals surface area (Å²) in [4.78, 5) is 22.2. The predicted octanol–water partition coefficient (Wildman–Crippen LogP) is -0.657. The Morgan fingerprint density at radius 1 is 1.00 bits per heavy atom. The Hall–Kier alpha value is -2.44. The molecule has 0 bridgehead atoms. The summed E-state index contributed by atoms with van der Waals surface area (Å²) in [6.45, 7) is 0. The highest BCUT2D eigenvalue weighted by molar-refractivity contribution is 5.86. The number of phenols is 1. The largest absolute Gasteiger partial charge is 0.507 e. The topological polar surface area (TPSA) is 105 Å². The molecule has 2 rings (SSSR count). The molecule has 7 nitrogen and oxygen atoms in total. The van der Waals surface area contributed by atoms with Crippen LogP contribution in [0.1, 0.15) is 0 Å². The second-order valence-electron chi connectivity index (χ2n) is 2.89. The first-order chi connectivity index (χ1) is 7.04. The van der Waals surface area contributed by atoms with Gasteiger partial charge in [-0.2, -0.15) is 0 Å². The van der Waals surface area contributed by atoms with E-state index in [9.17, 15) is 14.7 Å². The van der Waals surface area contributed by atoms with Crippen LogP contribution in [-0.2, 0) is 0 Å². The number of aromatic hydroxyl groups is 1. The molecule has 78 valence electrons. The van der Waals surface area contributed by atoms with Crippen LogP contribution in [0.3, 0.4) is 0 Å². The standard InChI is InChI=1S/C8H6N2O5/c11-5-3-1-2-4-6(5)8(13)10(15)9(14)7(4)12/h1-3,11,14-15H. The lowest BCUT2D eigenvalue weighted by Gasteiger charge is -2.04. The van der Waals surface area contributed by atoms with Gasteiger partial charge >= 0.3 is 11.1 Å². The Bertz CT molecular complexity index is 654. The van der Waals surface area contributed by atoms with E-state index >= 15 is 0 Å². The fourth-order valence-corrected chi connectivity index (χ4v) is 1.32. The molecule has 2 aromatic rings. The highest BCUT2D eigenvalue weighted by Gasteiger charge is 2.14.